The van der Waals surface area contributed by atoms with E-state index in [0.717, 1.165) is 34.2 Å². The van der Waals surface area contributed by atoms with Crippen LogP contribution in [0.2, 0.25) is 0 Å². The molecule has 8 aromatic rings. The van der Waals surface area contributed by atoms with Crippen molar-refractivity contribution in [3.63, 3.8) is 0 Å². The highest BCUT2D eigenvalue weighted by molar-refractivity contribution is 6.13. The summed E-state index contributed by atoms with van der Waals surface area (Å²) in [5.41, 5.74) is 8.82. The molecular weight excluding hydrogens is 709 g/mol. The van der Waals surface area contributed by atoms with Gasteiger partial charge >= 0.3 is 0 Å². The number of aryl methyl sites for hydroxylation is 2. The lowest BCUT2D eigenvalue weighted by Gasteiger charge is -2.18. The fourth-order valence-electron chi connectivity index (χ4n) is 7.90. The second kappa shape index (κ2) is 14.4. The SMILES string of the molecule is COc1nc(C)c2[nH]c(=O)c3[nH]cnc3c2c1-c1ccc(C(C)CNCc2nc(O)c(-c3ccc(C(C)CN(C)C)cc3)c3c2[nH]c(=O)c2c3ncn2C)cc1. The molecule has 286 valence electrons. The lowest BCUT2D eigenvalue weighted by molar-refractivity contribution is 0.383. The zero-order chi connectivity index (χ0) is 39.4. The monoisotopic (exact) mass is 752 g/mol. The summed E-state index contributed by atoms with van der Waals surface area (Å²) in [5.74, 6) is 0.722. The molecule has 14 nitrogen and oxygen atoms in total. The van der Waals surface area contributed by atoms with Crippen molar-refractivity contribution < 1.29 is 9.84 Å². The fourth-order valence-corrected chi connectivity index (χ4v) is 7.90. The van der Waals surface area contributed by atoms with Gasteiger partial charge in [0.15, 0.2) is 0 Å². The molecule has 6 aromatic heterocycles. The highest BCUT2D eigenvalue weighted by atomic mass is 16.5. The van der Waals surface area contributed by atoms with Gasteiger partial charge in [-0.25, -0.2) is 19.9 Å². The molecule has 6 heterocycles. The van der Waals surface area contributed by atoms with Gasteiger partial charge in [0.25, 0.3) is 11.1 Å². The van der Waals surface area contributed by atoms with E-state index in [4.69, 9.17) is 4.74 Å². The first-order valence-corrected chi connectivity index (χ1v) is 18.5. The number of likely N-dealkylation sites (N-methyl/N-ethyl adjacent to an activating group) is 1. The third-order valence-electron chi connectivity index (χ3n) is 10.7. The molecule has 56 heavy (non-hydrogen) atoms. The van der Waals surface area contributed by atoms with Crippen LogP contribution in [-0.4, -0.2) is 83.8 Å². The summed E-state index contributed by atoms with van der Waals surface area (Å²) in [6.07, 6.45) is 3.13. The zero-order valence-corrected chi connectivity index (χ0v) is 32.4. The average molecular weight is 753 g/mol. The number of aromatic hydroxyl groups is 1. The molecule has 2 unspecified atom stereocenters. The Kier molecular flexibility index (Phi) is 9.38. The first kappa shape index (κ1) is 36.6. The Morgan fingerprint density at radius 2 is 1.48 bits per heavy atom. The van der Waals surface area contributed by atoms with E-state index in [9.17, 15) is 14.7 Å². The molecular formula is C42H44N10O4. The zero-order valence-electron chi connectivity index (χ0n) is 32.4. The summed E-state index contributed by atoms with van der Waals surface area (Å²) >= 11 is 0. The van der Waals surface area contributed by atoms with Crippen LogP contribution in [0, 0.1) is 6.92 Å². The summed E-state index contributed by atoms with van der Waals surface area (Å²) in [6.45, 7) is 7.93. The average Bonchev–Trinajstić information content (AvgIpc) is 3.84. The third kappa shape index (κ3) is 6.26. The van der Waals surface area contributed by atoms with Gasteiger partial charge in [0.05, 0.1) is 53.3 Å². The van der Waals surface area contributed by atoms with Gasteiger partial charge in [-0.1, -0.05) is 62.4 Å². The Morgan fingerprint density at radius 3 is 2.16 bits per heavy atom. The van der Waals surface area contributed by atoms with Gasteiger partial charge in [0, 0.05) is 37.5 Å². The van der Waals surface area contributed by atoms with Gasteiger partial charge in [-0.3, -0.25) is 9.59 Å². The molecule has 0 aliphatic carbocycles. The standard InChI is InChI=1S/C42H44N10O4/c1-21(24-8-14-27(15-9-24)30-32-33(23(3)47-42(30)56-7)49-40(54)37-35(32)44-19-45-37)16-43-17-28-34-31(36-38(41(55)50-34)52(6)20-46-36)29(39(53)48-28)26-12-10-25(11-13-26)22(2)18-51(4)5/h8-15,19-22,43H,16-18H2,1-7H3,(H,44,45)(H,48,53)(H,49,54)(H,50,55). The number of aromatic amines is 3. The second-order valence-corrected chi connectivity index (χ2v) is 14.9. The van der Waals surface area contributed by atoms with Crippen molar-refractivity contribution >= 4 is 43.9 Å². The molecule has 0 saturated heterocycles. The van der Waals surface area contributed by atoms with E-state index in [1.165, 1.54) is 11.9 Å². The lowest BCUT2D eigenvalue weighted by atomic mass is 9.95. The van der Waals surface area contributed by atoms with E-state index in [2.05, 4.69) is 97.3 Å². The van der Waals surface area contributed by atoms with E-state index in [-0.39, 0.29) is 29.5 Å². The highest BCUT2D eigenvalue weighted by Gasteiger charge is 2.23. The predicted molar refractivity (Wildman–Crippen MR) is 220 cm³/mol. The quantitative estimate of drug-likeness (QED) is 0.108. The van der Waals surface area contributed by atoms with Crippen molar-refractivity contribution in [1.29, 1.82) is 0 Å². The number of pyridine rings is 4. The number of hydrogen-bond acceptors (Lipinski definition) is 10. The number of hydrogen-bond donors (Lipinski definition) is 5. The van der Waals surface area contributed by atoms with Crippen LogP contribution in [0.25, 0.3) is 66.1 Å². The van der Waals surface area contributed by atoms with E-state index >= 15 is 0 Å². The number of nitrogens with one attached hydrogen (secondary N) is 4. The number of imidazole rings is 2. The van der Waals surface area contributed by atoms with Gasteiger partial charge < -0.3 is 39.6 Å². The molecule has 0 bridgehead atoms. The molecule has 8 rings (SSSR count). The van der Waals surface area contributed by atoms with E-state index in [0.29, 0.717) is 73.8 Å². The number of benzene rings is 2. The number of rotatable bonds is 11. The van der Waals surface area contributed by atoms with Crippen molar-refractivity contribution in [3.05, 3.63) is 104 Å². The molecule has 0 amide bonds. The van der Waals surface area contributed by atoms with Crippen LogP contribution >= 0.6 is 0 Å². The van der Waals surface area contributed by atoms with Crippen LogP contribution < -0.4 is 21.2 Å². The molecule has 0 fully saturated rings. The number of nitrogens with zero attached hydrogens (tertiary/aromatic N) is 6. The van der Waals surface area contributed by atoms with Gasteiger partial charge in [0.2, 0.25) is 11.8 Å². The Balaban J connectivity index is 1.08. The molecule has 0 spiro atoms. The maximum atomic E-state index is 13.4. The van der Waals surface area contributed by atoms with Crippen LogP contribution in [-0.2, 0) is 13.6 Å². The van der Waals surface area contributed by atoms with Crippen molar-refractivity contribution in [1.82, 2.24) is 49.7 Å². The fraction of sp³-hybridized carbons (Fsp3) is 0.286. The molecule has 0 aliphatic heterocycles. The maximum Gasteiger partial charge on any atom is 0.274 e. The first-order chi connectivity index (χ1) is 26.9. The summed E-state index contributed by atoms with van der Waals surface area (Å²) in [6, 6.07) is 16.3. The van der Waals surface area contributed by atoms with Crippen LogP contribution in [0.5, 0.6) is 11.8 Å². The van der Waals surface area contributed by atoms with Crippen molar-refractivity contribution in [2.24, 2.45) is 7.05 Å². The predicted octanol–water partition coefficient (Wildman–Crippen LogP) is 5.84. The topological polar surface area (TPSA) is 183 Å². The minimum atomic E-state index is -0.277. The number of H-pyrrole nitrogens is 3. The smallest absolute Gasteiger partial charge is 0.274 e. The number of aromatic nitrogens is 8. The highest BCUT2D eigenvalue weighted by Crippen LogP contribution is 2.40. The minimum Gasteiger partial charge on any atom is -0.493 e. The van der Waals surface area contributed by atoms with Crippen LogP contribution in [0.1, 0.15) is 48.2 Å². The molecule has 2 atom stereocenters. The van der Waals surface area contributed by atoms with Gasteiger partial charge in [-0.05, 0) is 55.1 Å². The number of ether oxygens (including phenoxy) is 1. The summed E-state index contributed by atoms with van der Waals surface area (Å²) in [5, 5.41) is 16.5. The van der Waals surface area contributed by atoms with E-state index < -0.39 is 0 Å². The molecule has 0 radical (unpaired) electrons. The van der Waals surface area contributed by atoms with Gasteiger partial charge in [-0.15, -0.1) is 0 Å². The minimum absolute atomic E-state index is 0.0855. The number of fused-ring (bicyclic) bond motifs is 6. The lowest BCUT2D eigenvalue weighted by Crippen LogP contribution is -2.21. The van der Waals surface area contributed by atoms with Crippen molar-refractivity contribution in [2.75, 3.05) is 34.3 Å². The molecule has 2 aromatic carbocycles. The largest absolute Gasteiger partial charge is 0.493 e. The van der Waals surface area contributed by atoms with Gasteiger partial charge in [0.1, 0.15) is 22.1 Å². The normalized spacial score (nSPS) is 13.1. The second-order valence-electron chi connectivity index (χ2n) is 14.9. The van der Waals surface area contributed by atoms with Crippen molar-refractivity contribution in [3.8, 4) is 34.0 Å². The van der Waals surface area contributed by atoms with Crippen LogP contribution in [0.4, 0.5) is 0 Å². The Bertz CT molecular complexity index is 2890. The van der Waals surface area contributed by atoms with Gasteiger partial charge in [-0.2, -0.15) is 0 Å². The van der Waals surface area contributed by atoms with Crippen molar-refractivity contribution in [2.45, 2.75) is 39.2 Å². The summed E-state index contributed by atoms with van der Waals surface area (Å²) < 4.78 is 7.43. The van der Waals surface area contributed by atoms with Crippen LogP contribution in [0.3, 0.4) is 0 Å². The first-order valence-electron chi connectivity index (χ1n) is 18.5. The number of methoxy groups -OCH3 is 1. The summed E-state index contributed by atoms with van der Waals surface area (Å²) in [7, 11) is 7.48. The van der Waals surface area contributed by atoms with Crippen LogP contribution in [0.15, 0.2) is 70.8 Å². The van der Waals surface area contributed by atoms with E-state index in [1.54, 1.807) is 25.1 Å². The third-order valence-corrected chi connectivity index (χ3v) is 10.7. The molecule has 5 N–H and O–H groups in total. The molecule has 0 saturated carbocycles. The van der Waals surface area contributed by atoms with E-state index in [1.807, 2.05) is 31.2 Å². The Morgan fingerprint density at radius 1 is 0.839 bits per heavy atom. The molecule has 0 aliphatic rings. The maximum absolute atomic E-state index is 13.4. The molecule has 14 heteroatoms. The summed E-state index contributed by atoms with van der Waals surface area (Å²) in [4.78, 5) is 55.7. The Hall–Kier alpha value is -6.38. The Labute approximate surface area is 321 Å².